The van der Waals surface area contributed by atoms with Gasteiger partial charge in [-0.25, -0.2) is 4.98 Å². The number of hydrazone groups is 1. The molecule has 3 aromatic carbocycles. The van der Waals surface area contributed by atoms with Crippen molar-refractivity contribution in [2.24, 2.45) is 5.10 Å². The fourth-order valence-corrected chi connectivity index (χ4v) is 4.21. The lowest BCUT2D eigenvalue weighted by atomic mass is 10.1. The van der Waals surface area contributed by atoms with Crippen molar-refractivity contribution in [3.8, 4) is 5.75 Å². The maximum absolute atomic E-state index is 13.3. The van der Waals surface area contributed by atoms with Crippen molar-refractivity contribution in [2.75, 3.05) is 11.6 Å². The predicted molar refractivity (Wildman–Crippen MR) is 128 cm³/mol. The molecule has 1 heterocycles. The van der Waals surface area contributed by atoms with Crippen molar-refractivity contribution < 1.29 is 22.7 Å². The minimum atomic E-state index is -4.57. The summed E-state index contributed by atoms with van der Waals surface area (Å²) in [6, 6.07) is 17.0. The maximum atomic E-state index is 13.3. The molecule has 1 amide bonds. The molecule has 1 aromatic heterocycles. The second-order valence-electron chi connectivity index (χ2n) is 7.41. The van der Waals surface area contributed by atoms with Crippen LogP contribution in [0.4, 0.5) is 18.3 Å². The van der Waals surface area contributed by atoms with Gasteiger partial charge in [-0.3, -0.25) is 4.79 Å². The molecule has 174 valence electrons. The number of nitrogens with zero attached hydrogens (tertiary/aromatic N) is 3. The summed E-state index contributed by atoms with van der Waals surface area (Å²) in [5.74, 6) is -0.0258. The maximum Gasteiger partial charge on any atom is 0.416 e. The predicted octanol–water partition coefficient (Wildman–Crippen LogP) is 6.70. The molecule has 0 aliphatic rings. The summed E-state index contributed by atoms with van der Waals surface area (Å²) >= 11 is 1.23. The van der Waals surface area contributed by atoms with Crippen LogP contribution in [-0.4, -0.2) is 23.7 Å². The number of thiazole rings is 1. The molecule has 0 aliphatic carbocycles. The van der Waals surface area contributed by atoms with E-state index in [1.54, 1.807) is 24.3 Å². The summed E-state index contributed by atoms with van der Waals surface area (Å²) in [6.07, 6.45) is -3.11. The number of alkyl halides is 3. The van der Waals surface area contributed by atoms with Gasteiger partial charge in [0.05, 0.1) is 28.6 Å². The third-order valence-corrected chi connectivity index (χ3v) is 5.85. The van der Waals surface area contributed by atoms with Gasteiger partial charge in [-0.05, 0) is 79.6 Å². The van der Waals surface area contributed by atoms with Crippen LogP contribution < -0.4 is 9.75 Å². The lowest BCUT2D eigenvalue weighted by Crippen LogP contribution is -2.26. The second-order valence-corrected chi connectivity index (χ2v) is 8.42. The molecule has 0 saturated carbocycles. The third-order valence-electron chi connectivity index (χ3n) is 4.86. The number of anilines is 1. The highest BCUT2D eigenvalue weighted by Gasteiger charge is 2.32. The van der Waals surface area contributed by atoms with Crippen LogP contribution >= 0.6 is 11.3 Å². The van der Waals surface area contributed by atoms with E-state index in [4.69, 9.17) is 4.74 Å². The molecular weight excluding hydrogens is 463 g/mol. The molecule has 0 bridgehead atoms. The number of halogens is 3. The minimum Gasteiger partial charge on any atom is -0.494 e. The lowest BCUT2D eigenvalue weighted by molar-refractivity contribution is -0.137. The molecule has 5 nitrogen and oxygen atoms in total. The van der Waals surface area contributed by atoms with Gasteiger partial charge < -0.3 is 4.74 Å². The van der Waals surface area contributed by atoms with E-state index in [9.17, 15) is 18.0 Å². The number of amides is 1. The van der Waals surface area contributed by atoms with Crippen LogP contribution in [0.25, 0.3) is 10.2 Å². The molecule has 4 aromatic rings. The van der Waals surface area contributed by atoms with Gasteiger partial charge in [0.25, 0.3) is 5.91 Å². The zero-order chi connectivity index (χ0) is 24.3. The normalized spacial score (nSPS) is 11.8. The van der Waals surface area contributed by atoms with Gasteiger partial charge >= 0.3 is 6.18 Å². The van der Waals surface area contributed by atoms with E-state index < -0.39 is 17.6 Å². The van der Waals surface area contributed by atoms with Crippen molar-refractivity contribution in [3.63, 3.8) is 0 Å². The summed E-state index contributed by atoms with van der Waals surface area (Å²) in [7, 11) is 0. The summed E-state index contributed by atoms with van der Waals surface area (Å²) in [6.45, 7) is 4.35. The Labute approximate surface area is 198 Å². The molecule has 0 atom stereocenters. The Morgan fingerprint density at radius 3 is 2.59 bits per heavy atom. The SMILES string of the molecule is CCOc1ccc(/C=N/N(C(=O)c2cccc(C(F)(F)F)c2)c2nc3ccc(C)cc3s2)cc1. The van der Waals surface area contributed by atoms with Gasteiger partial charge in [0.15, 0.2) is 0 Å². The summed E-state index contributed by atoms with van der Waals surface area (Å²) in [4.78, 5) is 17.8. The van der Waals surface area contributed by atoms with Crippen LogP contribution in [0.15, 0.2) is 71.8 Å². The largest absolute Gasteiger partial charge is 0.494 e. The van der Waals surface area contributed by atoms with E-state index >= 15 is 0 Å². The van der Waals surface area contributed by atoms with Crippen molar-refractivity contribution in [1.82, 2.24) is 4.98 Å². The van der Waals surface area contributed by atoms with Gasteiger partial charge in [0, 0.05) is 5.56 Å². The highest BCUT2D eigenvalue weighted by molar-refractivity contribution is 7.22. The molecule has 9 heteroatoms. The Kier molecular flexibility index (Phi) is 6.65. The smallest absolute Gasteiger partial charge is 0.416 e. The number of fused-ring (bicyclic) bond motifs is 1. The van der Waals surface area contributed by atoms with Crippen molar-refractivity contribution >= 4 is 38.8 Å². The van der Waals surface area contributed by atoms with Gasteiger partial charge in [-0.2, -0.15) is 23.3 Å². The van der Waals surface area contributed by atoms with Gasteiger partial charge in [0.1, 0.15) is 5.75 Å². The Hall–Kier alpha value is -3.72. The molecule has 0 radical (unpaired) electrons. The van der Waals surface area contributed by atoms with E-state index in [0.29, 0.717) is 23.4 Å². The number of hydrogen-bond acceptors (Lipinski definition) is 5. The van der Waals surface area contributed by atoms with Crippen LogP contribution in [0.1, 0.15) is 34.0 Å². The Balaban J connectivity index is 1.73. The Morgan fingerprint density at radius 2 is 1.88 bits per heavy atom. The topological polar surface area (TPSA) is 54.8 Å². The van der Waals surface area contributed by atoms with Gasteiger partial charge in [0.2, 0.25) is 5.13 Å². The number of carbonyl (C=O) groups is 1. The van der Waals surface area contributed by atoms with Crippen LogP contribution in [0, 0.1) is 6.92 Å². The molecule has 0 aliphatic heterocycles. The summed E-state index contributed by atoms with van der Waals surface area (Å²) < 4.78 is 45.9. The number of ether oxygens (including phenoxy) is 1. The number of benzene rings is 3. The van der Waals surface area contributed by atoms with Crippen molar-refractivity contribution in [1.29, 1.82) is 0 Å². The fourth-order valence-electron chi connectivity index (χ4n) is 3.19. The number of hydrogen-bond donors (Lipinski definition) is 0. The fraction of sp³-hybridized carbons (Fsp3) is 0.160. The monoisotopic (exact) mass is 483 g/mol. The average molecular weight is 484 g/mol. The molecule has 0 saturated heterocycles. The lowest BCUT2D eigenvalue weighted by Gasteiger charge is -2.15. The summed E-state index contributed by atoms with van der Waals surface area (Å²) in [5.41, 5.74) is 1.32. The zero-order valence-electron chi connectivity index (χ0n) is 18.3. The van der Waals surface area contributed by atoms with E-state index in [-0.39, 0.29) is 10.7 Å². The van der Waals surface area contributed by atoms with Crippen molar-refractivity contribution in [2.45, 2.75) is 20.0 Å². The van der Waals surface area contributed by atoms with Gasteiger partial charge in [-0.1, -0.05) is 23.5 Å². The average Bonchev–Trinajstić information content (AvgIpc) is 3.22. The number of aryl methyl sites for hydroxylation is 1. The second kappa shape index (κ2) is 9.64. The molecule has 0 unspecified atom stereocenters. The van der Waals surface area contributed by atoms with Crippen LogP contribution in [-0.2, 0) is 6.18 Å². The Morgan fingerprint density at radius 1 is 1.12 bits per heavy atom. The molecule has 34 heavy (non-hydrogen) atoms. The first kappa shape index (κ1) is 23.4. The van der Waals surface area contributed by atoms with E-state index in [2.05, 4.69) is 10.1 Å². The first-order valence-corrected chi connectivity index (χ1v) is 11.2. The van der Waals surface area contributed by atoms with Crippen LogP contribution in [0.5, 0.6) is 5.75 Å². The Bertz CT molecular complexity index is 1350. The first-order valence-electron chi connectivity index (χ1n) is 10.4. The van der Waals surface area contributed by atoms with Crippen LogP contribution in [0.3, 0.4) is 0 Å². The van der Waals surface area contributed by atoms with Crippen molar-refractivity contribution in [3.05, 3.63) is 89.0 Å². The van der Waals surface area contributed by atoms with E-state index in [0.717, 1.165) is 27.4 Å². The van der Waals surface area contributed by atoms with E-state index in [1.165, 1.54) is 29.7 Å². The minimum absolute atomic E-state index is 0.144. The summed E-state index contributed by atoms with van der Waals surface area (Å²) in [5, 5.41) is 5.60. The highest BCUT2D eigenvalue weighted by atomic mass is 32.1. The number of aromatic nitrogens is 1. The molecule has 0 spiro atoms. The molecular formula is C25H20F3N3O2S. The molecule has 0 fully saturated rings. The number of carbonyl (C=O) groups excluding carboxylic acids is 1. The van der Waals surface area contributed by atoms with Crippen LogP contribution in [0.2, 0.25) is 0 Å². The molecule has 0 N–H and O–H groups in total. The third kappa shape index (κ3) is 5.26. The van der Waals surface area contributed by atoms with E-state index in [1.807, 2.05) is 32.0 Å². The highest BCUT2D eigenvalue weighted by Crippen LogP contribution is 2.33. The quantitative estimate of drug-likeness (QED) is 0.226. The van der Waals surface area contributed by atoms with Gasteiger partial charge in [-0.15, -0.1) is 0 Å². The zero-order valence-corrected chi connectivity index (χ0v) is 19.2. The molecule has 4 rings (SSSR count). The first-order chi connectivity index (χ1) is 16.2. The standard InChI is InChI=1S/C25H20F3N3O2S/c1-3-33-20-10-8-17(9-11-20)15-29-31(24-30-21-12-7-16(2)13-22(21)34-24)23(32)18-5-4-6-19(14-18)25(26,27)28/h4-15H,3H2,1-2H3/b29-15+. The number of rotatable bonds is 6.